The molecular weight excluding hydrogens is 338 g/mol. The Morgan fingerprint density at radius 2 is 1.85 bits per heavy atom. The molecule has 0 saturated carbocycles. The molecule has 0 bridgehead atoms. The molecule has 1 fully saturated rings. The van der Waals surface area contributed by atoms with Crippen molar-refractivity contribution < 1.29 is 4.74 Å². The van der Waals surface area contributed by atoms with Crippen LogP contribution in [0.1, 0.15) is 25.3 Å². The molecule has 152 valence electrons. The van der Waals surface area contributed by atoms with Gasteiger partial charge in [0.1, 0.15) is 5.75 Å². The van der Waals surface area contributed by atoms with Gasteiger partial charge >= 0.3 is 0 Å². The van der Waals surface area contributed by atoms with Gasteiger partial charge in [0.25, 0.3) is 0 Å². The fourth-order valence-electron chi connectivity index (χ4n) is 3.32. The predicted octanol–water partition coefficient (Wildman–Crippen LogP) is 2.12. The maximum atomic E-state index is 5.50. The molecule has 1 heterocycles. The van der Waals surface area contributed by atoms with Crippen LogP contribution in [0.4, 0.5) is 0 Å². The van der Waals surface area contributed by atoms with Crippen LogP contribution in [0.3, 0.4) is 0 Å². The molecule has 1 aliphatic rings. The van der Waals surface area contributed by atoms with Crippen LogP contribution >= 0.6 is 0 Å². The van der Waals surface area contributed by atoms with Crippen LogP contribution in [-0.2, 0) is 6.54 Å². The molecule has 0 aliphatic carbocycles. The van der Waals surface area contributed by atoms with E-state index in [2.05, 4.69) is 51.2 Å². The van der Waals surface area contributed by atoms with Gasteiger partial charge in [-0.3, -0.25) is 4.99 Å². The van der Waals surface area contributed by atoms with Gasteiger partial charge < -0.3 is 24.8 Å². The minimum absolute atomic E-state index is 0.699. The maximum absolute atomic E-state index is 5.50. The number of guanidine groups is 1. The molecule has 27 heavy (non-hydrogen) atoms. The fraction of sp³-hybridized carbons (Fsp3) is 0.667. The van der Waals surface area contributed by atoms with Gasteiger partial charge in [0.15, 0.2) is 5.96 Å². The molecule has 0 amide bonds. The Balaban J connectivity index is 1.65. The highest BCUT2D eigenvalue weighted by molar-refractivity contribution is 5.79. The third-order valence-corrected chi connectivity index (χ3v) is 5.01. The first-order chi connectivity index (χ1) is 13.1. The summed E-state index contributed by atoms with van der Waals surface area (Å²) in [7, 11) is 6.13. The molecule has 0 unspecified atom stereocenters. The van der Waals surface area contributed by atoms with Gasteiger partial charge in [-0.15, -0.1) is 0 Å². The highest BCUT2D eigenvalue weighted by Gasteiger charge is 2.13. The van der Waals surface area contributed by atoms with Gasteiger partial charge in [-0.1, -0.05) is 12.1 Å². The normalized spacial score (nSPS) is 16.4. The van der Waals surface area contributed by atoms with E-state index in [1.165, 1.54) is 51.1 Å². The number of nitrogens with one attached hydrogen (secondary N) is 1. The highest BCUT2D eigenvalue weighted by atomic mass is 16.5. The number of ether oxygens (including phenoxy) is 1. The SMILES string of the molecule is CCOc1ccc(CN(C)C(=NC)NCCCCN2CCN(C)CC2)cc1. The molecule has 0 spiro atoms. The molecule has 1 aliphatic heterocycles. The van der Waals surface area contributed by atoms with E-state index in [-0.39, 0.29) is 0 Å². The van der Waals surface area contributed by atoms with E-state index in [1.54, 1.807) is 0 Å². The Hall–Kier alpha value is -1.79. The Morgan fingerprint density at radius 1 is 1.15 bits per heavy atom. The zero-order chi connectivity index (χ0) is 19.5. The van der Waals surface area contributed by atoms with Crippen molar-refractivity contribution in [2.24, 2.45) is 4.99 Å². The zero-order valence-corrected chi connectivity index (χ0v) is 17.6. The first kappa shape index (κ1) is 21.5. The zero-order valence-electron chi connectivity index (χ0n) is 17.6. The molecule has 2 rings (SSSR count). The largest absolute Gasteiger partial charge is 0.494 e. The van der Waals surface area contributed by atoms with Crippen molar-refractivity contribution in [3.8, 4) is 5.75 Å². The first-order valence-electron chi connectivity index (χ1n) is 10.2. The first-order valence-corrected chi connectivity index (χ1v) is 10.2. The van der Waals surface area contributed by atoms with Gasteiger partial charge in [-0.25, -0.2) is 0 Å². The predicted molar refractivity (Wildman–Crippen MR) is 114 cm³/mol. The van der Waals surface area contributed by atoms with Crippen LogP contribution in [0.5, 0.6) is 5.75 Å². The van der Waals surface area contributed by atoms with Gasteiger partial charge in [0, 0.05) is 53.4 Å². The van der Waals surface area contributed by atoms with E-state index in [4.69, 9.17) is 4.74 Å². The van der Waals surface area contributed by atoms with Crippen LogP contribution in [0, 0.1) is 0 Å². The number of nitrogens with zero attached hydrogens (tertiary/aromatic N) is 4. The van der Waals surface area contributed by atoms with Crippen molar-refractivity contribution in [2.75, 3.05) is 67.0 Å². The molecule has 0 atom stereocenters. The Labute approximate surface area is 165 Å². The third kappa shape index (κ3) is 7.77. The Bertz CT molecular complexity index is 552. The fourth-order valence-corrected chi connectivity index (χ4v) is 3.32. The number of likely N-dealkylation sites (N-methyl/N-ethyl adjacent to an activating group) is 1. The number of benzene rings is 1. The number of piperazine rings is 1. The standard InChI is InChI=1S/C21H37N5O/c1-5-27-20-10-8-19(9-11-20)18-25(4)21(22-2)23-12-6-7-13-26-16-14-24(3)15-17-26/h8-11H,5-7,12-18H2,1-4H3,(H,22,23). The van der Waals surface area contributed by atoms with Gasteiger partial charge in [-0.2, -0.15) is 0 Å². The second-order valence-corrected chi connectivity index (χ2v) is 7.26. The second kappa shape index (κ2) is 11.8. The summed E-state index contributed by atoms with van der Waals surface area (Å²) in [6.45, 7) is 10.5. The lowest BCUT2D eigenvalue weighted by atomic mass is 10.2. The van der Waals surface area contributed by atoms with Crippen LogP contribution in [0.15, 0.2) is 29.3 Å². The Kier molecular flexibility index (Phi) is 9.42. The number of rotatable bonds is 9. The van der Waals surface area contributed by atoms with Crippen molar-refractivity contribution in [1.82, 2.24) is 20.0 Å². The minimum atomic E-state index is 0.699. The quantitative estimate of drug-likeness (QED) is 0.407. The highest BCUT2D eigenvalue weighted by Crippen LogP contribution is 2.13. The van der Waals surface area contributed by atoms with E-state index in [0.717, 1.165) is 24.8 Å². The number of unbranched alkanes of at least 4 members (excludes halogenated alkanes) is 1. The summed E-state index contributed by atoms with van der Waals surface area (Å²) in [4.78, 5) is 11.6. The molecular formula is C21H37N5O. The summed E-state index contributed by atoms with van der Waals surface area (Å²) < 4.78 is 5.50. The monoisotopic (exact) mass is 375 g/mol. The van der Waals surface area contributed by atoms with Crippen molar-refractivity contribution >= 4 is 5.96 Å². The molecule has 1 saturated heterocycles. The van der Waals surface area contributed by atoms with Crippen molar-refractivity contribution in [2.45, 2.75) is 26.3 Å². The third-order valence-electron chi connectivity index (χ3n) is 5.01. The lowest BCUT2D eigenvalue weighted by molar-refractivity contribution is 0.152. The van der Waals surface area contributed by atoms with Crippen LogP contribution < -0.4 is 10.1 Å². The molecule has 1 aromatic carbocycles. The van der Waals surface area contributed by atoms with Crippen LogP contribution in [0.2, 0.25) is 0 Å². The van der Waals surface area contributed by atoms with Crippen molar-refractivity contribution in [1.29, 1.82) is 0 Å². The van der Waals surface area contributed by atoms with E-state index in [9.17, 15) is 0 Å². The average Bonchev–Trinajstić information content (AvgIpc) is 2.68. The molecule has 1 aromatic rings. The summed E-state index contributed by atoms with van der Waals surface area (Å²) in [5.74, 6) is 1.87. The van der Waals surface area contributed by atoms with E-state index in [0.29, 0.717) is 6.61 Å². The lowest BCUT2D eigenvalue weighted by Crippen LogP contribution is -2.44. The lowest BCUT2D eigenvalue weighted by Gasteiger charge is -2.32. The van der Waals surface area contributed by atoms with E-state index in [1.807, 2.05) is 26.1 Å². The summed E-state index contributed by atoms with van der Waals surface area (Å²) in [5.41, 5.74) is 1.25. The summed E-state index contributed by atoms with van der Waals surface area (Å²) in [6.07, 6.45) is 2.40. The average molecular weight is 376 g/mol. The smallest absolute Gasteiger partial charge is 0.193 e. The van der Waals surface area contributed by atoms with E-state index >= 15 is 0 Å². The van der Waals surface area contributed by atoms with Gasteiger partial charge in [0.05, 0.1) is 6.61 Å². The van der Waals surface area contributed by atoms with E-state index < -0.39 is 0 Å². The minimum Gasteiger partial charge on any atom is -0.494 e. The molecule has 1 N–H and O–H groups in total. The summed E-state index contributed by atoms with van der Waals surface area (Å²) >= 11 is 0. The number of hydrogen-bond donors (Lipinski definition) is 1. The number of aliphatic imine (C=N–C) groups is 1. The van der Waals surface area contributed by atoms with Crippen LogP contribution in [-0.4, -0.2) is 87.7 Å². The van der Waals surface area contributed by atoms with Gasteiger partial charge in [0.2, 0.25) is 0 Å². The topological polar surface area (TPSA) is 43.3 Å². The van der Waals surface area contributed by atoms with Crippen LogP contribution in [0.25, 0.3) is 0 Å². The molecule has 6 nitrogen and oxygen atoms in total. The summed E-state index contributed by atoms with van der Waals surface area (Å²) in [6, 6.07) is 8.29. The van der Waals surface area contributed by atoms with Crippen molar-refractivity contribution in [3.63, 3.8) is 0 Å². The number of hydrogen-bond acceptors (Lipinski definition) is 4. The second-order valence-electron chi connectivity index (χ2n) is 7.26. The Morgan fingerprint density at radius 3 is 2.48 bits per heavy atom. The van der Waals surface area contributed by atoms with Gasteiger partial charge in [-0.05, 0) is 51.1 Å². The summed E-state index contributed by atoms with van der Waals surface area (Å²) in [5, 5.41) is 3.49. The maximum Gasteiger partial charge on any atom is 0.193 e. The van der Waals surface area contributed by atoms with Crippen molar-refractivity contribution in [3.05, 3.63) is 29.8 Å². The molecule has 6 heteroatoms. The molecule has 0 aromatic heterocycles. The molecule has 0 radical (unpaired) electrons.